The second-order valence-electron chi connectivity index (χ2n) is 6.34. The summed E-state index contributed by atoms with van der Waals surface area (Å²) >= 11 is 6.76. The molecule has 3 aromatic rings. The van der Waals surface area contributed by atoms with E-state index in [0.29, 0.717) is 16.1 Å². The fraction of sp³-hybridized carbons (Fsp3) is 0.278. The normalized spacial score (nSPS) is 14.0. The number of anilines is 1. The highest BCUT2D eigenvalue weighted by molar-refractivity contribution is 9.11. The van der Waals surface area contributed by atoms with Crippen LogP contribution in [0.1, 0.15) is 31.2 Å². The van der Waals surface area contributed by atoms with Crippen LogP contribution in [0.2, 0.25) is 0 Å². The maximum Gasteiger partial charge on any atom is 0.259 e. The van der Waals surface area contributed by atoms with Gasteiger partial charge in [-0.05, 0) is 40.0 Å². The van der Waals surface area contributed by atoms with Gasteiger partial charge in [0.1, 0.15) is 11.1 Å². The van der Waals surface area contributed by atoms with Crippen molar-refractivity contribution < 1.29 is 4.79 Å². The molecule has 1 aliphatic rings. The zero-order valence-corrected chi connectivity index (χ0v) is 17.7. The number of nitrogens with zero attached hydrogens (tertiary/aromatic N) is 4. The summed E-state index contributed by atoms with van der Waals surface area (Å²) in [4.78, 5) is 17.3. The molecule has 0 atom stereocenters. The number of amides is 1. The van der Waals surface area contributed by atoms with Crippen LogP contribution < -0.4 is 5.32 Å². The average Bonchev–Trinajstić information content (AvgIpc) is 3.33. The third kappa shape index (κ3) is 3.84. The fourth-order valence-corrected chi connectivity index (χ4v) is 5.93. The SMILES string of the molecule is Cn1cc(C(=O)Nc2sc3c(c2C#N)CCN(Cc2ccc(Br)s2)C3)cn1. The van der Waals surface area contributed by atoms with Gasteiger partial charge in [-0.2, -0.15) is 10.4 Å². The van der Waals surface area contributed by atoms with Crippen molar-refractivity contribution in [3.05, 3.63) is 54.8 Å². The zero-order chi connectivity index (χ0) is 19.0. The molecule has 4 heterocycles. The van der Waals surface area contributed by atoms with Crippen molar-refractivity contribution >= 4 is 49.5 Å². The summed E-state index contributed by atoms with van der Waals surface area (Å²) in [6.45, 7) is 2.60. The first-order valence-corrected chi connectivity index (χ1v) is 10.8. The highest BCUT2D eigenvalue weighted by Gasteiger charge is 2.26. The first kappa shape index (κ1) is 18.4. The summed E-state index contributed by atoms with van der Waals surface area (Å²) < 4.78 is 2.72. The monoisotopic (exact) mass is 461 g/mol. The van der Waals surface area contributed by atoms with Gasteiger partial charge >= 0.3 is 0 Å². The maximum atomic E-state index is 12.4. The predicted molar refractivity (Wildman–Crippen MR) is 110 cm³/mol. The largest absolute Gasteiger partial charge is 0.312 e. The number of halogens is 1. The lowest BCUT2D eigenvalue weighted by Crippen LogP contribution is -2.29. The lowest BCUT2D eigenvalue weighted by Gasteiger charge is -2.26. The van der Waals surface area contributed by atoms with Gasteiger partial charge in [-0.15, -0.1) is 22.7 Å². The Hall–Kier alpha value is -1.99. The molecule has 6 nitrogen and oxygen atoms in total. The van der Waals surface area contributed by atoms with Gasteiger partial charge in [0, 0.05) is 42.6 Å². The van der Waals surface area contributed by atoms with Crippen LogP contribution >= 0.6 is 38.6 Å². The van der Waals surface area contributed by atoms with Crippen LogP contribution in [0, 0.1) is 11.3 Å². The molecule has 0 bridgehead atoms. The van der Waals surface area contributed by atoms with Crippen molar-refractivity contribution in [3.63, 3.8) is 0 Å². The number of fused-ring (bicyclic) bond motifs is 1. The van der Waals surface area contributed by atoms with E-state index in [4.69, 9.17) is 0 Å². The first-order chi connectivity index (χ1) is 13.0. The molecule has 0 saturated heterocycles. The van der Waals surface area contributed by atoms with E-state index in [0.717, 1.165) is 40.3 Å². The van der Waals surface area contributed by atoms with Gasteiger partial charge in [0.2, 0.25) is 0 Å². The van der Waals surface area contributed by atoms with Crippen molar-refractivity contribution in [2.24, 2.45) is 7.05 Å². The molecule has 0 saturated carbocycles. The van der Waals surface area contributed by atoms with E-state index in [9.17, 15) is 10.1 Å². The fourth-order valence-electron chi connectivity index (χ4n) is 3.17. The summed E-state index contributed by atoms with van der Waals surface area (Å²) in [5, 5.41) is 17.2. The van der Waals surface area contributed by atoms with E-state index in [1.165, 1.54) is 22.4 Å². The van der Waals surface area contributed by atoms with E-state index in [-0.39, 0.29) is 5.91 Å². The quantitative estimate of drug-likeness (QED) is 0.637. The Labute approximate surface area is 173 Å². The van der Waals surface area contributed by atoms with Gasteiger partial charge in [0.15, 0.2) is 0 Å². The molecule has 138 valence electrons. The van der Waals surface area contributed by atoms with Crippen molar-refractivity contribution in [2.75, 3.05) is 11.9 Å². The number of carbonyl (C=O) groups is 1. The minimum absolute atomic E-state index is 0.238. The van der Waals surface area contributed by atoms with E-state index < -0.39 is 0 Å². The number of hydrogen-bond donors (Lipinski definition) is 1. The van der Waals surface area contributed by atoms with Crippen molar-refractivity contribution in [1.29, 1.82) is 5.26 Å². The van der Waals surface area contributed by atoms with Crippen LogP contribution in [0.5, 0.6) is 0 Å². The molecule has 0 aliphatic carbocycles. The molecule has 27 heavy (non-hydrogen) atoms. The molecular weight excluding hydrogens is 446 g/mol. The molecule has 0 fully saturated rings. The van der Waals surface area contributed by atoms with E-state index in [1.807, 2.05) is 0 Å². The second kappa shape index (κ2) is 7.56. The number of rotatable bonds is 4. The van der Waals surface area contributed by atoms with Gasteiger partial charge in [-0.1, -0.05) is 0 Å². The smallest absolute Gasteiger partial charge is 0.259 e. The Kier molecular flexibility index (Phi) is 5.14. The van der Waals surface area contributed by atoms with E-state index >= 15 is 0 Å². The van der Waals surface area contributed by atoms with E-state index in [1.54, 1.807) is 29.3 Å². The summed E-state index contributed by atoms with van der Waals surface area (Å²) in [5.41, 5.74) is 2.16. The minimum atomic E-state index is -0.238. The topological polar surface area (TPSA) is 74.0 Å². The van der Waals surface area contributed by atoms with Gasteiger partial charge in [0.05, 0.1) is 21.1 Å². The number of aromatic nitrogens is 2. The Bertz CT molecular complexity index is 1040. The predicted octanol–water partition coefficient (Wildman–Crippen LogP) is 3.99. The standard InChI is InChI=1S/C18H16BrN5OS2/c1-23-8-11(7-21-23)17(25)22-18-14(6-20)13-4-5-24(10-15(13)27-18)9-12-2-3-16(19)26-12/h2-3,7-8H,4-5,9-10H2,1H3,(H,22,25). The lowest BCUT2D eigenvalue weighted by atomic mass is 10.0. The summed E-state index contributed by atoms with van der Waals surface area (Å²) in [7, 11) is 1.77. The average molecular weight is 462 g/mol. The Morgan fingerprint density at radius 1 is 1.44 bits per heavy atom. The Morgan fingerprint density at radius 2 is 2.30 bits per heavy atom. The summed E-state index contributed by atoms with van der Waals surface area (Å²) in [5.74, 6) is -0.238. The molecule has 1 aliphatic heterocycles. The number of aryl methyl sites for hydroxylation is 1. The molecule has 1 amide bonds. The summed E-state index contributed by atoms with van der Waals surface area (Å²) in [6, 6.07) is 6.49. The molecular formula is C18H16BrN5OS2. The van der Waals surface area contributed by atoms with Crippen molar-refractivity contribution in [1.82, 2.24) is 14.7 Å². The van der Waals surface area contributed by atoms with E-state index in [2.05, 4.69) is 49.4 Å². The van der Waals surface area contributed by atoms with Crippen molar-refractivity contribution in [3.8, 4) is 6.07 Å². The van der Waals surface area contributed by atoms with Crippen LogP contribution in [0.4, 0.5) is 5.00 Å². The number of thiophene rings is 2. The molecule has 0 radical (unpaired) electrons. The zero-order valence-electron chi connectivity index (χ0n) is 14.5. The van der Waals surface area contributed by atoms with Crippen LogP contribution in [0.15, 0.2) is 28.3 Å². The molecule has 0 unspecified atom stereocenters. The maximum absolute atomic E-state index is 12.4. The number of carbonyl (C=O) groups excluding carboxylic acids is 1. The molecule has 1 N–H and O–H groups in total. The lowest BCUT2D eigenvalue weighted by molar-refractivity contribution is 0.102. The van der Waals surface area contributed by atoms with Crippen LogP contribution in [0.3, 0.4) is 0 Å². The molecule has 9 heteroatoms. The van der Waals surface area contributed by atoms with Crippen LogP contribution in [0.25, 0.3) is 0 Å². The first-order valence-electron chi connectivity index (χ1n) is 8.34. The highest BCUT2D eigenvalue weighted by atomic mass is 79.9. The van der Waals surface area contributed by atoms with Crippen LogP contribution in [-0.2, 0) is 26.6 Å². The second-order valence-corrected chi connectivity index (χ2v) is 10.00. The third-order valence-corrected chi connectivity index (χ3v) is 7.19. The molecule has 3 aromatic heterocycles. The molecule has 0 spiro atoms. The molecule has 4 rings (SSSR count). The Morgan fingerprint density at radius 3 is 2.96 bits per heavy atom. The number of nitriles is 1. The third-order valence-electron chi connectivity index (χ3n) is 4.45. The summed E-state index contributed by atoms with van der Waals surface area (Å²) in [6.07, 6.45) is 4.01. The van der Waals surface area contributed by atoms with Gasteiger partial charge in [-0.3, -0.25) is 14.4 Å². The number of hydrogen-bond acceptors (Lipinski definition) is 6. The van der Waals surface area contributed by atoms with Crippen molar-refractivity contribution in [2.45, 2.75) is 19.5 Å². The highest BCUT2D eigenvalue weighted by Crippen LogP contribution is 2.37. The van der Waals surface area contributed by atoms with Crippen LogP contribution in [-0.4, -0.2) is 27.1 Å². The minimum Gasteiger partial charge on any atom is -0.312 e. The van der Waals surface area contributed by atoms with Gasteiger partial charge in [0.25, 0.3) is 5.91 Å². The van der Waals surface area contributed by atoms with Gasteiger partial charge < -0.3 is 5.32 Å². The van der Waals surface area contributed by atoms with Gasteiger partial charge in [-0.25, -0.2) is 0 Å². The Balaban J connectivity index is 1.52. The number of nitrogens with one attached hydrogen (secondary N) is 1. The molecule has 0 aromatic carbocycles.